The highest BCUT2D eigenvalue weighted by molar-refractivity contribution is 7.12. The van der Waals surface area contributed by atoms with Gasteiger partial charge in [-0.25, -0.2) is 4.98 Å². The molecular formula is C12H9N3OS. The number of hydrogen-bond donors (Lipinski definition) is 1. The van der Waals surface area contributed by atoms with E-state index in [1.54, 1.807) is 12.5 Å². The molecule has 0 aliphatic heterocycles. The lowest BCUT2D eigenvalue weighted by atomic mass is 10.1. The van der Waals surface area contributed by atoms with Crippen molar-refractivity contribution < 1.29 is 4.79 Å². The molecule has 3 aromatic rings. The predicted molar refractivity (Wildman–Crippen MR) is 66.2 cm³/mol. The third kappa shape index (κ3) is 1.85. The number of carbonyl (C=O) groups is 1. The first-order chi connectivity index (χ1) is 8.34. The molecule has 0 aliphatic rings. The van der Waals surface area contributed by atoms with E-state index in [0.717, 1.165) is 21.6 Å². The number of H-pyrrole nitrogens is 1. The molecule has 0 bridgehead atoms. The molecule has 0 saturated carbocycles. The van der Waals surface area contributed by atoms with E-state index in [4.69, 9.17) is 0 Å². The van der Waals surface area contributed by atoms with Crippen molar-refractivity contribution in [1.82, 2.24) is 15.0 Å². The number of carbonyl (C=O) groups excluding carboxylic acids is 1. The largest absolute Gasteiger partial charge is 0.344 e. The molecule has 0 saturated heterocycles. The molecule has 0 fully saturated rings. The molecule has 84 valence electrons. The highest BCUT2D eigenvalue weighted by atomic mass is 32.1. The summed E-state index contributed by atoms with van der Waals surface area (Å²) in [6.45, 7) is 0. The number of fused-ring (bicyclic) bond motifs is 1. The summed E-state index contributed by atoms with van der Waals surface area (Å²) in [5, 5.41) is 1.90. The SMILES string of the molecule is O=C(Cc1nccc2[nH]cnc12)c1cccs1. The van der Waals surface area contributed by atoms with Crippen LogP contribution >= 0.6 is 11.3 Å². The van der Waals surface area contributed by atoms with E-state index in [9.17, 15) is 4.79 Å². The van der Waals surface area contributed by atoms with Crippen molar-refractivity contribution in [3.63, 3.8) is 0 Å². The molecule has 3 heterocycles. The van der Waals surface area contributed by atoms with Gasteiger partial charge in [0.15, 0.2) is 5.78 Å². The van der Waals surface area contributed by atoms with E-state index in [1.807, 2.05) is 23.6 Å². The van der Waals surface area contributed by atoms with Crippen molar-refractivity contribution in [3.8, 4) is 0 Å². The Morgan fingerprint density at radius 3 is 3.12 bits per heavy atom. The average molecular weight is 243 g/mol. The molecule has 0 aliphatic carbocycles. The second-order valence-electron chi connectivity index (χ2n) is 3.63. The van der Waals surface area contributed by atoms with Crippen LogP contribution in [-0.2, 0) is 6.42 Å². The highest BCUT2D eigenvalue weighted by Crippen LogP contribution is 2.16. The number of Topliss-reactive ketones (excluding diaryl/α,β-unsaturated/α-hetero) is 1. The maximum Gasteiger partial charge on any atom is 0.178 e. The smallest absolute Gasteiger partial charge is 0.178 e. The molecule has 17 heavy (non-hydrogen) atoms. The van der Waals surface area contributed by atoms with E-state index in [1.165, 1.54) is 11.3 Å². The molecule has 1 N–H and O–H groups in total. The van der Waals surface area contributed by atoms with Crippen molar-refractivity contribution in [3.05, 3.63) is 46.7 Å². The lowest BCUT2D eigenvalue weighted by Gasteiger charge is -1.99. The number of nitrogens with zero attached hydrogens (tertiary/aromatic N) is 2. The van der Waals surface area contributed by atoms with E-state index in [-0.39, 0.29) is 5.78 Å². The third-order valence-electron chi connectivity index (χ3n) is 2.54. The lowest BCUT2D eigenvalue weighted by molar-refractivity contribution is 0.0996. The zero-order chi connectivity index (χ0) is 11.7. The van der Waals surface area contributed by atoms with Crippen molar-refractivity contribution >= 4 is 28.2 Å². The minimum Gasteiger partial charge on any atom is -0.344 e. The van der Waals surface area contributed by atoms with Crippen LogP contribution in [0.1, 0.15) is 15.4 Å². The van der Waals surface area contributed by atoms with Crippen LogP contribution in [0.4, 0.5) is 0 Å². The summed E-state index contributed by atoms with van der Waals surface area (Å²) in [6.07, 6.45) is 3.60. The van der Waals surface area contributed by atoms with Gasteiger partial charge >= 0.3 is 0 Å². The fourth-order valence-corrected chi connectivity index (χ4v) is 2.39. The van der Waals surface area contributed by atoms with Gasteiger partial charge in [0.1, 0.15) is 5.52 Å². The zero-order valence-electron chi connectivity index (χ0n) is 8.88. The molecule has 0 spiro atoms. The van der Waals surface area contributed by atoms with Crippen LogP contribution in [-0.4, -0.2) is 20.7 Å². The third-order valence-corrected chi connectivity index (χ3v) is 3.45. The summed E-state index contributed by atoms with van der Waals surface area (Å²) in [5.74, 6) is 0.0861. The van der Waals surface area contributed by atoms with Crippen LogP contribution < -0.4 is 0 Å². The predicted octanol–water partition coefficient (Wildman–Crippen LogP) is 2.44. The van der Waals surface area contributed by atoms with Crippen LogP contribution in [0.25, 0.3) is 11.0 Å². The molecule has 4 nitrogen and oxygen atoms in total. The van der Waals surface area contributed by atoms with Crippen LogP contribution in [0.15, 0.2) is 36.1 Å². The summed E-state index contributed by atoms with van der Waals surface area (Å²) in [4.78, 5) is 24.2. The fourth-order valence-electron chi connectivity index (χ4n) is 1.73. The molecular weight excluding hydrogens is 234 g/mol. The summed E-state index contributed by atoms with van der Waals surface area (Å²) in [7, 11) is 0. The topological polar surface area (TPSA) is 58.6 Å². The summed E-state index contributed by atoms with van der Waals surface area (Å²) in [6, 6.07) is 5.56. The number of aromatic nitrogens is 3. The number of hydrogen-bond acceptors (Lipinski definition) is 4. The van der Waals surface area contributed by atoms with E-state index in [0.29, 0.717) is 6.42 Å². The number of aromatic amines is 1. The monoisotopic (exact) mass is 243 g/mol. The van der Waals surface area contributed by atoms with Crippen LogP contribution in [0, 0.1) is 0 Å². The number of pyridine rings is 1. The normalized spacial score (nSPS) is 10.8. The first kappa shape index (κ1) is 10.2. The minimum atomic E-state index is 0.0861. The van der Waals surface area contributed by atoms with Gasteiger partial charge < -0.3 is 4.98 Å². The second-order valence-corrected chi connectivity index (χ2v) is 4.58. The Morgan fingerprint density at radius 1 is 1.35 bits per heavy atom. The molecule has 0 radical (unpaired) electrons. The quantitative estimate of drug-likeness (QED) is 0.719. The van der Waals surface area contributed by atoms with Gasteiger partial charge in [0.25, 0.3) is 0 Å². The molecule has 0 amide bonds. The molecule has 5 heteroatoms. The van der Waals surface area contributed by atoms with Gasteiger partial charge in [0.2, 0.25) is 0 Å². The van der Waals surface area contributed by atoms with Gasteiger partial charge in [-0.15, -0.1) is 11.3 Å². The van der Waals surface area contributed by atoms with Gasteiger partial charge in [-0.05, 0) is 17.5 Å². The maximum absolute atomic E-state index is 12.0. The first-order valence-corrected chi connectivity index (χ1v) is 6.06. The number of nitrogens with one attached hydrogen (secondary N) is 1. The molecule has 0 aromatic carbocycles. The van der Waals surface area contributed by atoms with Crippen molar-refractivity contribution in [2.24, 2.45) is 0 Å². The Morgan fingerprint density at radius 2 is 2.29 bits per heavy atom. The number of rotatable bonds is 3. The van der Waals surface area contributed by atoms with Gasteiger partial charge in [-0.3, -0.25) is 9.78 Å². The summed E-state index contributed by atoms with van der Waals surface area (Å²) < 4.78 is 0. The van der Waals surface area contributed by atoms with Crippen molar-refractivity contribution in [2.45, 2.75) is 6.42 Å². The summed E-state index contributed by atoms with van der Waals surface area (Å²) >= 11 is 1.45. The Balaban J connectivity index is 1.95. The highest BCUT2D eigenvalue weighted by Gasteiger charge is 2.12. The van der Waals surface area contributed by atoms with Gasteiger partial charge in [0.05, 0.1) is 28.8 Å². The Hall–Kier alpha value is -2.01. The molecule has 0 unspecified atom stereocenters. The zero-order valence-corrected chi connectivity index (χ0v) is 9.70. The first-order valence-electron chi connectivity index (χ1n) is 5.18. The van der Waals surface area contributed by atoms with E-state index in [2.05, 4.69) is 15.0 Å². The van der Waals surface area contributed by atoms with Gasteiger partial charge in [-0.2, -0.15) is 0 Å². The summed E-state index contributed by atoms with van der Waals surface area (Å²) in [5.41, 5.74) is 2.41. The average Bonchev–Trinajstić information content (AvgIpc) is 3.00. The Bertz CT molecular complexity index is 657. The number of thiophene rings is 1. The van der Waals surface area contributed by atoms with Crippen molar-refractivity contribution in [2.75, 3.05) is 0 Å². The Kier molecular flexibility index (Phi) is 2.45. The Labute approximate surface area is 101 Å². The standard InChI is InChI=1S/C12H9N3OS/c16-10(11-2-1-5-17-11)6-9-12-8(3-4-13-9)14-7-15-12/h1-5,7H,6H2,(H,14,15). The number of imidazole rings is 1. The lowest BCUT2D eigenvalue weighted by Crippen LogP contribution is -2.03. The maximum atomic E-state index is 12.0. The van der Waals surface area contributed by atoms with Gasteiger partial charge in [0, 0.05) is 6.20 Å². The number of ketones is 1. The second kappa shape index (κ2) is 4.10. The minimum absolute atomic E-state index is 0.0861. The van der Waals surface area contributed by atoms with Crippen LogP contribution in [0.5, 0.6) is 0 Å². The van der Waals surface area contributed by atoms with Crippen molar-refractivity contribution in [1.29, 1.82) is 0 Å². The van der Waals surface area contributed by atoms with Crippen LogP contribution in [0.3, 0.4) is 0 Å². The molecule has 0 atom stereocenters. The van der Waals surface area contributed by atoms with E-state index >= 15 is 0 Å². The van der Waals surface area contributed by atoms with Gasteiger partial charge in [-0.1, -0.05) is 6.07 Å². The molecule has 3 aromatic heterocycles. The van der Waals surface area contributed by atoms with Crippen LogP contribution in [0.2, 0.25) is 0 Å². The van der Waals surface area contributed by atoms with E-state index < -0.39 is 0 Å². The fraction of sp³-hybridized carbons (Fsp3) is 0.0833. The molecule has 3 rings (SSSR count).